The van der Waals surface area contributed by atoms with E-state index in [0.717, 1.165) is 17.0 Å². The number of rotatable bonds is 3. The van der Waals surface area contributed by atoms with Crippen molar-refractivity contribution < 1.29 is 22.7 Å². The first-order chi connectivity index (χ1) is 11.8. The molecule has 25 heavy (non-hydrogen) atoms. The maximum absolute atomic E-state index is 12.8. The number of carbonyl (C=O) groups excluding carboxylic acids is 1. The number of carbonyl (C=O) groups is 1. The fraction of sp³-hybridized carbons (Fsp3) is 0.125. The van der Waals surface area contributed by atoms with Crippen molar-refractivity contribution in [3.05, 3.63) is 48.0 Å². The summed E-state index contributed by atoms with van der Waals surface area (Å²) in [4.78, 5) is 19.5. The van der Waals surface area contributed by atoms with Crippen molar-refractivity contribution in [2.45, 2.75) is 16.0 Å². The lowest BCUT2D eigenvalue weighted by atomic mass is 10.2. The molecule has 1 aromatic heterocycles. The van der Waals surface area contributed by atoms with Gasteiger partial charge in [0, 0.05) is 9.79 Å². The van der Waals surface area contributed by atoms with E-state index in [4.69, 9.17) is 0 Å². The number of alkyl halides is 3. The van der Waals surface area contributed by atoms with E-state index in [2.05, 4.69) is 20.0 Å². The Bertz CT molecular complexity index is 924. The lowest BCUT2D eigenvalue weighted by Gasteiger charge is -2.08. The molecule has 0 aliphatic carbocycles. The average molecular weight is 367 g/mol. The minimum Gasteiger partial charge on any atom is -0.453 e. The molecule has 0 atom stereocenters. The van der Waals surface area contributed by atoms with E-state index >= 15 is 0 Å². The average Bonchev–Trinajstić information content (AvgIpc) is 2.95. The predicted molar refractivity (Wildman–Crippen MR) is 87.7 cm³/mol. The zero-order chi connectivity index (χ0) is 18.0. The molecular weight excluding hydrogens is 355 g/mol. The molecular formula is C16H12F3N3O2S. The van der Waals surface area contributed by atoms with Gasteiger partial charge in [-0.3, -0.25) is 5.32 Å². The van der Waals surface area contributed by atoms with E-state index < -0.39 is 17.8 Å². The van der Waals surface area contributed by atoms with Gasteiger partial charge in [-0.25, -0.2) is 9.78 Å². The topological polar surface area (TPSA) is 67.0 Å². The Hall–Kier alpha value is -2.68. The Morgan fingerprint density at radius 3 is 2.68 bits per heavy atom. The van der Waals surface area contributed by atoms with Crippen molar-refractivity contribution >= 4 is 34.8 Å². The van der Waals surface area contributed by atoms with Gasteiger partial charge in [-0.2, -0.15) is 13.2 Å². The number of nitrogens with one attached hydrogen (secondary N) is 2. The van der Waals surface area contributed by atoms with Crippen LogP contribution in [-0.2, 0) is 10.9 Å². The van der Waals surface area contributed by atoms with E-state index in [1.165, 1.54) is 24.9 Å². The van der Waals surface area contributed by atoms with Gasteiger partial charge < -0.3 is 9.72 Å². The van der Waals surface area contributed by atoms with Gasteiger partial charge in [-0.05, 0) is 36.4 Å². The molecule has 3 rings (SSSR count). The number of halogens is 3. The highest BCUT2D eigenvalue weighted by molar-refractivity contribution is 7.99. The zero-order valence-corrected chi connectivity index (χ0v) is 13.7. The van der Waals surface area contributed by atoms with Crippen LogP contribution in [0, 0.1) is 0 Å². The number of anilines is 1. The lowest BCUT2D eigenvalue weighted by molar-refractivity contribution is -0.137. The number of H-pyrrole nitrogens is 1. The largest absolute Gasteiger partial charge is 0.453 e. The van der Waals surface area contributed by atoms with E-state index in [0.29, 0.717) is 15.9 Å². The molecule has 0 aliphatic heterocycles. The molecule has 9 heteroatoms. The summed E-state index contributed by atoms with van der Waals surface area (Å²) in [7, 11) is 1.24. The van der Waals surface area contributed by atoms with Crippen LogP contribution in [0.1, 0.15) is 5.56 Å². The number of methoxy groups -OCH3 is 1. The molecule has 1 heterocycles. The van der Waals surface area contributed by atoms with Gasteiger partial charge in [0.05, 0.1) is 23.7 Å². The molecule has 130 valence electrons. The summed E-state index contributed by atoms with van der Waals surface area (Å²) in [6.45, 7) is 0. The molecule has 3 aromatic rings. The first kappa shape index (κ1) is 17.2. The van der Waals surface area contributed by atoms with Crippen LogP contribution in [0.25, 0.3) is 11.0 Å². The second kappa shape index (κ2) is 6.67. The molecule has 0 unspecified atom stereocenters. The fourth-order valence-corrected chi connectivity index (χ4v) is 3.05. The van der Waals surface area contributed by atoms with Gasteiger partial charge in [0.15, 0.2) is 0 Å². The number of hydrogen-bond acceptors (Lipinski definition) is 4. The van der Waals surface area contributed by atoms with Gasteiger partial charge in [-0.15, -0.1) is 0 Å². The van der Waals surface area contributed by atoms with Crippen LogP contribution in [0.15, 0.2) is 52.3 Å². The van der Waals surface area contributed by atoms with E-state index in [-0.39, 0.29) is 5.95 Å². The third-order valence-electron chi connectivity index (χ3n) is 3.26. The second-order valence-corrected chi connectivity index (χ2v) is 6.16. The molecule has 2 aromatic carbocycles. The van der Waals surface area contributed by atoms with Crippen molar-refractivity contribution in [1.29, 1.82) is 0 Å². The lowest BCUT2D eigenvalue weighted by Crippen LogP contribution is -2.11. The summed E-state index contributed by atoms with van der Waals surface area (Å²) in [6.07, 6.45) is -5.03. The van der Waals surface area contributed by atoms with Gasteiger partial charge in [-0.1, -0.05) is 17.8 Å². The summed E-state index contributed by atoms with van der Waals surface area (Å²) in [5.41, 5.74) is 0.563. The normalized spacial score (nSPS) is 11.5. The number of amides is 1. The van der Waals surface area contributed by atoms with Crippen LogP contribution in [0.5, 0.6) is 0 Å². The Morgan fingerprint density at radius 1 is 1.20 bits per heavy atom. The van der Waals surface area contributed by atoms with Crippen LogP contribution in [-0.4, -0.2) is 23.2 Å². The fourth-order valence-electron chi connectivity index (χ4n) is 2.13. The molecule has 0 spiro atoms. The van der Waals surface area contributed by atoms with E-state index in [1.807, 2.05) is 0 Å². The summed E-state index contributed by atoms with van der Waals surface area (Å²) >= 11 is 1.20. The third kappa shape index (κ3) is 4.05. The Balaban J connectivity index is 1.83. The van der Waals surface area contributed by atoms with Crippen LogP contribution in [0.3, 0.4) is 0 Å². The second-order valence-electron chi connectivity index (χ2n) is 5.01. The van der Waals surface area contributed by atoms with Gasteiger partial charge in [0.1, 0.15) is 0 Å². The summed E-state index contributed by atoms with van der Waals surface area (Å²) in [6, 6.07) is 10.3. The number of fused-ring (bicyclic) bond motifs is 1. The highest BCUT2D eigenvalue weighted by atomic mass is 32.2. The molecule has 0 aliphatic rings. The summed E-state index contributed by atoms with van der Waals surface area (Å²) in [5.74, 6) is 0.225. The number of ether oxygens (including phenoxy) is 1. The maximum atomic E-state index is 12.8. The van der Waals surface area contributed by atoms with Gasteiger partial charge in [0.2, 0.25) is 5.95 Å². The summed E-state index contributed by atoms with van der Waals surface area (Å²) in [5, 5.41) is 2.41. The standard InChI is InChI=1S/C16H12F3N3O2S/c1-24-15(23)22-14-20-12-6-5-11(8-13(12)21-14)25-10-4-2-3-9(7-10)16(17,18)19/h2-8H,1H3,(H2,20,21,22,23). The SMILES string of the molecule is COC(=O)Nc1nc2ccc(Sc3cccc(C(F)(F)F)c3)cc2[nH]1. The Kier molecular flexibility index (Phi) is 4.58. The summed E-state index contributed by atoms with van der Waals surface area (Å²) < 4.78 is 42.8. The van der Waals surface area contributed by atoms with E-state index in [9.17, 15) is 18.0 Å². The first-order valence-electron chi connectivity index (χ1n) is 7.05. The Morgan fingerprint density at radius 2 is 1.96 bits per heavy atom. The molecule has 0 radical (unpaired) electrons. The third-order valence-corrected chi connectivity index (χ3v) is 4.24. The number of aromatic nitrogens is 2. The van der Waals surface area contributed by atoms with Crippen molar-refractivity contribution in [3.63, 3.8) is 0 Å². The predicted octanol–water partition coefficient (Wildman–Crippen LogP) is 4.91. The van der Waals surface area contributed by atoms with Gasteiger partial charge in [0.25, 0.3) is 0 Å². The van der Waals surface area contributed by atoms with Crippen molar-refractivity contribution in [3.8, 4) is 0 Å². The number of imidazole rings is 1. The smallest absolute Gasteiger partial charge is 0.416 e. The molecule has 0 saturated heterocycles. The minimum absolute atomic E-state index is 0.225. The molecule has 0 fully saturated rings. The van der Waals surface area contributed by atoms with Crippen molar-refractivity contribution in [2.24, 2.45) is 0 Å². The van der Waals surface area contributed by atoms with Crippen LogP contribution in [0.4, 0.5) is 23.9 Å². The highest BCUT2D eigenvalue weighted by Gasteiger charge is 2.30. The Labute approximate surface area is 144 Å². The van der Waals surface area contributed by atoms with Crippen LogP contribution >= 0.6 is 11.8 Å². The number of benzene rings is 2. The maximum Gasteiger partial charge on any atom is 0.416 e. The first-order valence-corrected chi connectivity index (χ1v) is 7.86. The number of aromatic amines is 1. The zero-order valence-electron chi connectivity index (χ0n) is 12.8. The number of nitrogens with zero attached hydrogens (tertiary/aromatic N) is 1. The molecule has 0 saturated carbocycles. The van der Waals surface area contributed by atoms with Crippen molar-refractivity contribution in [1.82, 2.24) is 9.97 Å². The quantitative estimate of drug-likeness (QED) is 0.690. The van der Waals surface area contributed by atoms with E-state index in [1.54, 1.807) is 24.3 Å². The van der Waals surface area contributed by atoms with Crippen LogP contribution in [0.2, 0.25) is 0 Å². The molecule has 0 bridgehead atoms. The highest BCUT2D eigenvalue weighted by Crippen LogP contribution is 2.35. The monoisotopic (exact) mass is 367 g/mol. The number of hydrogen-bond donors (Lipinski definition) is 2. The minimum atomic E-state index is -4.38. The molecule has 1 amide bonds. The van der Waals surface area contributed by atoms with Crippen LogP contribution < -0.4 is 5.32 Å². The molecule has 2 N–H and O–H groups in total. The molecule has 5 nitrogen and oxygen atoms in total. The van der Waals surface area contributed by atoms with Crippen molar-refractivity contribution in [2.75, 3.05) is 12.4 Å². The van der Waals surface area contributed by atoms with Gasteiger partial charge >= 0.3 is 12.3 Å².